The van der Waals surface area contributed by atoms with Crippen molar-refractivity contribution in [3.05, 3.63) is 33.1 Å². The predicted molar refractivity (Wildman–Crippen MR) is 64.6 cm³/mol. The highest BCUT2D eigenvalue weighted by molar-refractivity contribution is 6.31. The van der Waals surface area contributed by atoms with Gasteiger partial charge in [-0.25, -0.2) is 4.39 Å². The van der Waals surface area contributed by atoms with Crippen LogP contribution < -0.4 is 5.32 Å². The molecule has 0 heterocycles. The summed E-state index contributed by atoms with van der Waals surface area (Å²) in [6.45, 7) is 0.465. The van der Waals surface area contributed by atoms with Crippen LogP contribution in [0.5, 0.6) is 0 Å². The molecular weight excluding hydrogens is 247 g/mol. The fourth-order valence-electron chi connectivity index (χ4n) is 1.24. The quantitative estimate of drug-likeness (QED) is 0.381. The molecule has 0 bridgehead atoms. The highest BCUT2D eigenvalue weighted by atomic mass is 35.5. The van der Waals surface area contributed by atoms with Gasteiger partial charge in [-0.05, 0) is 12.5 Å². The maximum absolute atomic E-state index is 13.1. The van der Waals surface area contributed by atoms with Gasteiger partial charge in [-0.1, -0.05) is 11.6 Å². The minimum Gasteiger partial charge on any atom is -0.379 e. The van der Waals surface area contributed by atoms with Gasteiger partial charge in [0, 0.05) is 13.0 Å². The first-order valence-corrected chi connectivity index (χ1v) is 5.25. The number of terminal acetylenes is 1. The number of nitrogens with zero attached hydrogens (tertiary/aromatic N) is 1. The average Bonchev–Trinajstić information content (AvgIpc) is 2.28. The molecule has 0 spiro atoms. The van der Waals surface area contributed by atoms with E-state index in [0.29, 0.717) is 19.4 Å². The molecule has 0 aliphatic heterocycles. The zero-order valence-electron chi connectivity index (χ0n) is 8.87. The normalized spacial score (nSPS) is 9.71. The lowest BCUT2D eigenvalue weighted by Gasteiger charge is -2.07. The van der Waals surface area contributed by atoms with Crippen LogP contribution in [0.4, 0.5) is 15.8 Å². The summed E-state index contributed by atoms with van der Waals surface area (Å²) in [5.74, 6) is 1.64. The number of hydrogen-bond acceptors (Lipinski definition) is 3. The summed E-state index contributed by atoms with van der Waals surface area (Å²) in [7, 11) is 0. The molecule has 0 atom stereocenters. The van der Waals surface area contributed by atoms with Crippen LogP contribution in [0.1, 0.15) is 12.8 Å². The summed E-state index contributed by atoms with van der Waals surface area (Å²) in [5, 5.41) is 13.3. The van der Waals surface area contributed by atoms with Crippen LogP contribution in [-0.2, 0) is 0 Å². The first-order chi connectivity index (χ1) is 8.06. The Morgan fingerprint density at radius 1 is 1.59 bits per heavy atom. The van der Waals surface area contributed by atoms with Crippen molar-refractivity contribution in [2.45, 2.75) is 12.8 Å². The van der Waals surface area contributed by atoms with Gasteiger partial charge in [-0.2, -0.15) is 0 Å². The van der Waals surface area contributed by atoms with Crippen molar-refractivity contribution in [3.8, 4) is 12.3 Å². The number of nitro groups is 1. The predicted octanol–water partition coefficient (Wildman–Crippen LogP) is 3.21. The molecular formula is C11H10ClFN2O2. The average molecular weight is 257 g/mol. The van der Waals surface area contributed by atoms with E-state index in [1.165, 1.54) is 6.07 Å². The molecule has 17 heavy (non-hydrogen) atoms. The number of halogens is 2. The maximum Gasteiger partial charge on any atom is 0.295 e. The van der Waals surface area contributed by atoms with E-state index in [0.717, 1.165) is 6.07 Å². The summed E-state index contributed by atoms with van der Waals surface area (Å²) in [5.41, 5.74) is -0.147. The van der Waals surface area contributed by atoms with Crippen molar-refractivity contribution in [3.63, 3.8) is 0 Å². The Kier molecular flexibility index (Phi) is 4.73. The van der Waals surface area contributed by atoms with Gasteiger partial charge >= 0.3 is 0 Å². The Bertz CT molecular complexity index is 471. The highest BCUT2D eigenvalue weighted by Gasteiger charge is 2.17. The van der Waals surface area contributed by atoms with E-state index < -0.39 is 10.7 Å². The molecule has 0 fully saturated rings. The largest absolute Gasteiger partial charge is 0.379 e. The molecule has 0 unspecified atom stereocenters. The van der Waals surface area contributed by atoms with E-state index >= 15 is 0 Å². The smallest absolute Gasteiger partial charge is 0.295 e. The molecule has 0 aliphatic rings. The van der Waals surface area contributed by atoms with E-state index in [9.17, 15) is 14.5 Å². The summed E-state index contributed by atoms with van der Waals surface area (Å²) in [4.78, 5) is 10.0. The van der Waals surface area contributed by atoms with E-state index in [4.69, 9.17) is 18.0 Å². The second-order valence-electron chi connectivity index (χ2n) is 3.28. The molecule has 90 valence electrons. The van der Waals surface area contributed by atoms with E-state index in [-0.39, 0.29) is 16.4 Å². The van der Waals surface area contributed by atoms with Crippen LogP contribution in [0.2, 0.25) is 5.02 Å². The minimum absolute atomic E-state index is 0.157. The standard InChI is InChI=1S/C11H10ClFN2O2/c1-2-3-4-5-14-10-6-8(12)9(13)7-11(10)15(16)17/h1,6-7,14H,3-5H2. The van der Waals surface area contributed by atoms with Crippen molar-refractivity contribution in [1.82, 2.24) is 0 Å². The Balaban J connectivity index is 2.86. The third-order valence-electron chi connectivity index (χ3n) is 2.05. The van der Waals surface area contributed by atoms with Gasteiger partial charge in [0.15, 0.2) is 0 Å². The lowest BCUT2D eigenvalue weighted by Crippen LogP contribution is -2.04. The van der Waals surface area contributed by atoms with Crippen LogP contribution in [0.25, 0.3) is 0 Å². The monoisotopic (exact) mass is 256 g/mol. The molecule has 0 radical (unpaired) electrons. The van der Waals surface area contributed by atoms with Crippen LogP contribution in [-0.4, -0.2) is 11.5 Å². The number of unbranched alkanes of at least 4 members (excludes halogenated alkanes) is 1. The number of hydrogen-bond donors (Lipinski definition) is 1. The molecule has 0 amide bonds. The topological polar surface area (TPSA) is 55.2 Å². The zero-order chi connectivity index (χ0) is 12.8. The molecule has 0 aromatic heterocycles. The van der Waals surface area contributed by atoms with Gasteiger partial charge in [0.1, 0.15) is 11.5 Å². The fourth-order valence-corrected chi connectivity index (χ4v) is 1.41. The van der Waals surface area contributed by atoms with Crippen LogP contribution in [0.3, 0.4) is 0 Å². The van der Waals surface area contributed by atoms with Crippen molar-refractivity contribution in [1.29, 1.82) is 0 Å². The summed E-state index contributed by atoms with van der Waals surface area (Å²) < 4.78 is 13.1. The molecule has 1 aromatic carbocycles. The Morgan fingerprint density at radius 3 is 2.88 bits per heavy atom. The van der Waals surface area contributed by atoms with Crippen molar-refractivity contribution in [2.24, 2.45) is 0 Å². The van der Waals surface area contributed by atoms with Crippen LogP contribution in [0, 0.1) is 28.3 Å². The third kappa shape index (κ3) is 3.61. The summed E-state index contributed by atoms with van der Waals surface area (Å²) >= 11 is 5.56. The van der Waals surface area contributed by atoms with Crippen LogP contribution in [0.15, 0.2) is 12.1 Å². The van der Waals surface area contributed by atoms with Gasteiger partial charge in [-0.15, -0.1) is 12.3 Å². The van der Waals surface area contributed by atoms with E-state index in [2.05, 4.69) is 11.2 Å². The molecule has 1 rings (SSSR count). The van der Waals surface area contributed by atoms with Crippen molar-refractivity contribution in [2.75, 3.05) is 11.9 Å². The van der Waals surface area contributed by atoms with E-state index in [1.807, 2.05) is 0 Å². The lowest BCUT2D eigenvalue weighted by atomic mass is 10.2. The number of anilines is 1. The third-order valence-corrected chi connectivity index (χ3v) is 2.34. The number of benzene rings is 1. The van der Waals surface area contributed by atoms with Crippen molar-refractivity contribution >= 4 is 23.0 Å². The summed E-state index contributed by atoms with van der Waals surface area (Å²) in [6.07, 6.45) is 6.31. The minimum atomic E-state index is -0.812. The molecule has 1 N–H and O–H groups in total. The summed E-state index contributed by atoms with van der Waals surface area (Å²) in [6, 6.07) is 2.00. The first-order valence-electron chi connectivity index (χ1n) is 4.87. The molecule has 0 saturated heterocycles. The van der Waals surface area contributed by atoms with Gasteiger partial charge < -0.3 is 5.32 Å². The van der Waals surface area contributed by atoms with Gasteiger partial charge in [0.2, 0.25) is 0 Å². The lowest BCUT2D eigenvalue weighted by molar-refractivity contribution is -0.384. The SMILES string of the molecule is C#CCCCNc1cc(Cl)c(F)cc1[N+](=O)[O-]. The molecule has 1 aromatic rings. The first kappa shape index (κ1) is 13.3. The highest BCUT2D eigenvalue weighted by Crippen LogP contribution is 2.30. The Hall–Kier alpha value is -1.80. The zero-order valence-corrected chi connectivity index (χ0v) is 9.63. The number of nitro benzene ring substituents is 1. The number of rotatable bonds is 5. The molecule has 0 aliphatic carbocycles. The molecule has 6 heteroatoms. The van der Waals surface area contributed by atoms with Crippen molar-refractivity contribution < 1.29 is 9.31 Å². The second kappa shape index (κ2) is 6.06. The Morgan fingerprint density at radius 2 is 2.29 bits per heavy atom. The van der Waals surface area contributed by atoms with Crippen LogP contribution >= 0.6 is 11.6 Å². The van der Waals surface area contributed by atoms with Gasteiger partial charge in [0.25, 0.3) is 5.69 Å². The van der Waals surface area contributed by atoms with E-state index in [1.54, 1.807) is 0 Å². The Labute approximate surface area is 103 Å². The van der Waals surface area contributed by atoms with Gasteiger partial charge in [0.05, 0.1) is 16.0 Å². The van der Waals surface area contributed by atoms with Gasteiger partial charge in [-0.3, -0.25) is 10.1 Å². The molecule has 0 saturated carbocycles. The number of nitrogens with one attached hydrogen (secondary N) is 1. The second-order valence-corrected chi connectivity index (χ2v) is 3.68. The fraction of sp³-hybridized carbons (Fsp3) is 0.273. The molecule has 4 nitrogen and oxygen atoms in total. The maximum atomic E-state index is 13.1.